The Balaban J connectivity index is 2.18. The summed E-state index contributed by atoms with van der Waals surface area (Å²) >= 11 is 1.92. The number of nitrogens with zero attached hydrogens (tertiary/aromatic N) is 1. The standard InChI is InChI=1S/C16H22N2S/c1-4-13-8-9-16(19-13)15(17-5-2)11-14-12(3)7-6-10-18-14/h6-10,15,17H,4-5,11H2,1-3H3. The van der Waals surface area contributed by atoms with E-state index in [2.05, 4.69) is 49.3 Å². The summed E-state index contributed by atoms with van der Waals surface area (Å²) in [5, 5.41) is 3.58. The first-order valence-corrected chi connectivity index (χ1v) is 7.78. The normalized spacial score (nSPS) is 12.6. The molecule has 0 bridgehead atoms. The third kappa shape index (κ3) is 3.64. The Kier molecular flexibility index (Phi) is 5.11. The van der Waals surface area contributed by atoms with Crippen LogP contribution in [0.15, 0.2) is 30.5 Å². The van der Waals surface area contributed by atoms with E-state index in [9.17, 15) is 0 Å². The largest absolute Gasteiger partial charge is 0.309 e. The molecule has 19 heavy (non-hydrogen) atoms. The average Bonchev–Trinajstić information content (AvgIpc) is 2.89. The van der Waals surface area contributed by atoms with Gasteiger partial charge in [-0.2, -0.15) is 0 Å². The predicted molar refractivity (Wildman–Crippen MR) is 82.8 cm³/mol. The molecule has 0 radical (unpaired) electrons. The van der Waals surface area contributed by atoms with Gasteiger partial charge in [-0.3, -0.25) is 4.98 Å². The second-order valence-electron chi connectivity index (χ2n) is 4.74. The molecule has 2 rings (SSSR count). The van der Waals surface area contributed by atoms with Gasteiger partial charge in [0.05, 0.1) is 0 Å². The Labute approximate surface area is 119 Å². The lowest BCUT2D eigenvalue weighted by Gasteiger charge is -2.17. The average molecular weight is 274 g/mol. The zero-order valence-electron chi connectivity index (χ0n) is 11.9. The first-order chi connectivity index (χ1) is 9.24. The Morgan fingerprint density at radius 1 is 1.26 bits per heavy atom. The highest BCUT2D eigenvalue weighted by atomic mass is 32.1. The topological polar surface area (TPSA) is 24.9 Å². The fourth-order valence-electron chi connectivity index (χ4n) is 2.22. The molecule has 0 aromatic carbocycles. The van der Waals surface area contributed by atoms with Crippen molar-refractivity contribution in [1.82, 2.24) is 10.3 Å². The van der Waals surface area contributed by atoms with E-state index in [4.69, 9.17) is 0 Å². The van der Waals surface area contributed by atoms with Gasteiger partial charge in [0, 0.05) is 34.1 Å². The van der Waals surface area contributed by atoms with Crippen molar-refractivity contribution in [2.75, 3.05) is 6.54 Å². The van der Waals surface area contributed by atoms with Crippen molar-refractivity contribution < 1.29 is 0 Å². The minimum atomic E-state index is 0.379. The molecule has 0 fully saturated rings. The quantitative estimate of drug-likeness (QED) is 0.864. The molecule has 1 N–H and O–H groups in total. The molecule has 0 aliphatic rings. The number of pyridine rings is 1. The maximum atomic E-state index is 4.52. The van der Waals surface area contributed by atoms with Gasteiger partial charge in [-0.05, 0) is 43.7 Å². The van der Waals surface area contributed by atoms with E-state index >= 15 is 0 Å². The summed E-state index contributed by atoms with van der Waals surface area (Å²) in [6.45, 7) is 7.49. The molecule has 0 amide bonds. The van der Waals surface area contributed by atoms with Gasteiger partial charge in [-0.25, -0.2) is 0 Å². The molecule has 3 heteroatoms. The van der Waals surface area contributed by atoms with Gasteiger partial charge in [0.25, 0.3) is 0 Å². The summed E-state index contributed by atoms with van der Waals surface area (Å²) in [4.78, 5) is 7.39. The lowest BCUT2D eigenvalue weighted by atomic mass is 10.1. The summed E-state index contributed by atoms with van der Waals surface area (Å²) in [5.41, 5.74) is 2.47. The van der Waals surface area contributed by atoms with Gasteiger partial charge in [0.1, 0.15) is 0 Å². The van der Waals surface area contributed by atoms with E-state index < -0.39 is 0 Å². The molecule has 102 valence electrons. The number of aryl methyl sites for hydroxylation is 2. The van der Waals surface area contributed by atoms with Crippen molar-refractivity contribution in [2.24, 2.45) is 0 Å². The monoisotopic (exact) mass is 274 g/mol. The van der Waals surface area contributed by atoms with Crippen LogP contribution in [0.25, 0.3) is 0 Å². The maximum Gasteiger partial charge on any atom is 0.0470 e. The smallest absolute Gasteiger partial charge is 0.0470 e. The second kappa shape index (κ2) is 6.83. The zero-order chi connectivity index (χ0) is 13.7. The Morgan fingerprint density at radius 3 is 2.74 bits per heavy atom. The van der Waals surface area contributed by atoms with E-state index in [1.165, 1.54) is 21.0 Å². The Morgan fingerprint density at radius 2 is 2.11 bits per heavy atom. The van der Waals surface area contributed by atoms with Crippen LogP contribution in [-0.2, 0) is 12.8 Å². The molecular formula is C16H22N2S. The van der Waals surface area contributed by atoms with Crippen LogP contribution in [0, 0.1) is 6.92 Å². The maximum absolute atomic E-state index is 4.52. The molecule has 0 aliphatic heterocycles. The number of nitrogens with one attached hydrogen (secondary N) is 1. The van der Waals surface area contributed by atoms with E-state index in [1.54, 1.807) is 0 Å². The molecule has 1 atom stereocenters. The van der Waals surface area contributed by atoms with Crippen LogP contribution in [0.1, 0.15) is 40.9 Å². The number of hydrogen-bond acceptors (Lipinski definition) is 3. The number of aromatic nitrogens is 1. The molecule has 0 saturated carbocycles. The van der Waals surface area contributed by atoms with Crippen molar-refractivity contribution in [3.8, 4) is 0 Å². The van der Waals surface area contributed by atoms with Crippen molar-refractivity contribution in [3.05, 3.63) is 51.5 Å². The van der Waals surface area contributed by atoms with Crippen LogP contribution in [0.2, 0.25) is 0 Å². The van der Waals surface area contributed by atoms with Gasteiger partial charge >= 0.3 is 0 Å². The number of hydrogen-bond donors (Lipinski definition) is 1. The van der Waals surface area contributed by atoms with E-state index in [0.29, 0.717) is 6.04 Å². The molecule has 2 aromatic rings. The first kappa shape index (κ1) is 14.2. The van der Waals surface area contributed by atoms with Crippen LogP contribution >= 0.6 is 11.3 Å². The third-order valence-corrected chi connectivity index (χ3v) is 4.68. The molecule has 0 spiro atoms. The first-order valence-electron chi connectivity index (χ1n) is 6.97. The zero-order valence-corrected chi connectivity index (χ0v) is 12.8. The summed E-state index contributed by atoms with van der Waals surface area (Å²) < 4.78 is 0. The summed E-state index contributed by atoms with van der Waals surface area (Å²) in [6.07, 6.45) is 3.97. The van der Waals surface area contributed by atoms with Crippen LogP contribution in [0.5, 0.6) is 0 Å². The molecule has 2 nitrogen and oxygen atoms in total. The highest BCUT2D eigenvalue weighted by Gasteiger charge is 2.15. The minimum absolute atomic E-state index is 0.379. The molecule has 1 unspecified atom stereocenters. The number of likely N-dealkylation sites (N-methyl/N-ethyl adjacent to an activating group) is 1. The molecular weight excluding hydrogens is 252 g/mol. The fraction of sp³-hybridized carbons (Fsp3) is 0.438. The Hall–Kier alpha value is -1.19. The number of thiophene rings is 1. The summed E-state index contributed by atoms with van der Waals surface area (Å²) in [7, 11) is 0. The molecule has 0 saturated heterocycles. The van der Waals surface area contributed by atoms with Gasteiger partial charge in [0.15, 0.2) is 0 Å². The summed E-state index contributed by atoms with van der Waals surface area (Å²) in [5.74, 6) is 0. The highest BCUT2D eigenvalue weighted by Crippen LogP contribution is 2.26. The van der Waals surface area contributed by atoms with Crippen LogP contribution in [0.3, 0.4) is 0 Å². The SMILES string of the molecule is CCNC(Cc1ncccc1C)c1ccc(CC)s1. The van der Waals surface area contributed by atoms with E-state index in [1.807, 2.05) is 23.6 Å². The van der Waals surface area contributed by atoms with Crippen molar-refractivity contribution in [1.29, 1.82) is 0 Å². The van der Waals surface area contributed by atoms with Crippen molar-refractivity contribution in [3.63, 3.8) is 0 Å². The van der Waals surface area contributed by atoms with E-state index in [-0.39, 0.29) is 0 Å². The van der Waals surface area contributed by atoms with Gasteiger partial charge in [0.2, 0.25) is 0 Å². The minimum Gasteiger partial charge on any atom is -0.309 e. The fourth-order valence-corrected chi connectivity index (χ4v) is 3.25. The van der Waals surface area contributed by atoms with Gasteiger partial charge < -0.3 is 5.32 Å². The van der Waals surface area contributed by atoms with Crippen LogP contribution in [-0.4, -0.2) is 11.5 Å². The van der Waals surface area contributed by atoms with Crippen LogP contribution < -0.4 is 5.32 Å². The van der Waals surface area contributed by atoms with Crippen LogP contribution in [0.4, 0.5) is 0 Å². The lowest BCUT2D eigenvalue weighted by molar-refractivity contribution is 0.551. The highest BCUT2D eigenvalue weighted by molar-refractivity contribution is 7.12. The Bertz CT molecular complexity index is 519. The van der Waals surface area contributed by atoms with Gasteiger partial charge in [-0.1, -0.05) is 19.9 Å². The second-order valence-corrected chi connectivity index (χ2v) is 5.94. The van der Waals surface area contributed by atoms with Crippen molar-refractivity contribution >= 4 is 11.3 Å². The number of rotatable bonds is 6. The molecule has 2 heterocycles. The molecule has 2 aromatic heterocycles. The van der Waals surface area contributed by atoms with Crippen molar-refractivity contribution in [2.45, 2.75) is 39.7 Å². The van der Waals surface area contributed by atoms with Gasteiger partial charge in [-0.15, -0.1) is 11.3 Å². The third-order valence-electron chi connectivity index (χ3n) is 3.34. The molecule has 0 aliphatic carbocycles. The predicted octanol–water partition coefficient (Wildman–Crippen LogP) is 3.91. The lowest BCUT2D eigenvalue weighted by Crippen LogP contribution is -2.22. The van der Waals surface area contributed by atoms with E-state index in [0.717, 1.165) is 19.4 Å². The summed E-state index contributed by atoms with van der Waals surface area (Å²) in [6, 6.07) is 9.02.